The minimum Gasteiger partial charge on any atom is -0.404 e. The number of nitrogens with zero attached hydrogens (tertiary/aromatic N) is 2. The van der Waals surface area contributed by atoms with Crippen molar-refractivity contribution < 1.29 is 31.1 Å². The molecule has 1 aliphatic rings. The van der Waals surface area contributed by atoms with Crippen LogP contribution in [-0.4, -0.2) is 37.8 Å². The SMILES string of the molecule is O=S(=O)(Nc1cnn(CC2CCOCC2)c1)c1ccccc1OC(F)(F)F. The van der Waals surface area contributed by atoms with E-state index >= 15 is 0 Å². The number of hydrogen-bond donors (Lipinski definition) is 1. The van der Waals surface area contributed by atoms with E-state index in [0.29, 0.717) is 25.7 Å². The van der Waals surface area contributed by atoms with Gasteiger partial charge in [-0.05, 0) is 30.9 Å². The number of alkyl halides is 3. The highest BCUT2D eigenvalue weighted by Gasteiger charge is 2.34. The molecule has 0 amide bonds. The molecule has 2 aromatic rings. The number of aromatic nitrogens is 2. The van der Waals surface area contributed by atoms with Crippen molar-refractivity contribution in [2.45, 2.75) is 30.6 Å². The molecule has 11 heteroatoms. The van der Waals surface area contributed by atoms with E-state index in [2.05, 4.69) is 14.6 Å². The maximum absolute atomic E-state index is 12.5. The minimum atomic E-state index is -5.00. The van der Waals surface area contributed by atoms with Crippen LogP contribution in [-0.2, 0) is 21.3 Å². The lowest BCUT2D eigenvalue weighted by molar-refractivity contribution is -0.275. The molecule has 3 rings (SSSR count). The normalized spacial score (nSPS) is 16.3. The zero-order chi connectivity index (χ0) is 19.5. The highest BCUT2D eigenvalue weighted by atomic mass is 32.2. The van der Waals surface area contributed by atoms with E-state index in [9.17, 15) is 21.6 Å². The molecule has 0 unspecified atom stereocenters. The highest BCUT2D eigenvalue weighted by molar-refractivity contribution is 7.92. The Kier molecular flexibility index (Phi) is 5.61. The molecule has 0 radical (unpaired) electrons. The lowest BCUT2D eigenvalue weighted by Gasteiger charge is -2.21. The summed E-state index contributed by atoms with van der Waals surface area (Å²) in [5.41, 5.74) is 0.156. The smallest absolute Gasteiger partial charge is 0.404 e. The quantitative estimate of drug-likeness (QED) is 0.799. The number of sulfonamides is 1. The number of hydrogen-bond acceptors (Lipinski definition) is 5. The van der Waals surface area contributed by atoms with Crippen LogP contribution in [0.2, 0.25) is 0 Å². The number of para-hydroxylation sites is 1. The van der Waals surface area contributed by atoms with Crippen molar-refractivity contribution in [1.29, 1.82) is 0 Å². The minimum absolute atomic E-state index is 0.156. The van der Waals surface area contributed by atoms with E-state index in [1.165, 1.54) is 24.5 Å². The maximum Gasteiger partial charge on any atom is 0.573 e. The molecule has 1 aromatic carbocycles. The van der Waals surface area contributed by atoms with Crippen LogP contribution in [0.3, 0.4) is 0 Å². The molecule has 1 aliphatic heterocycles. The maximum atomic E-state index is 12.5. The Balaban J connectivity index is 1.74. The fraction of sp³-hybridized carbons (Fsp3) is 0.438. The van der Waals surface area contributed by atoms with Crippen LogP contribution in [0.15, 0.2) is 41.6 Å². The van der Waals surface area contributed by atoms with Gasteiger partial charge in [-0.3, -0.25) is 9.40 Å². The predicted octanol–water partition coefficient (Wildman–Crippen LogP) is 3.01. The Morgan fingerprint density at radius 2 is 1.96 bits per heavy atom. The zero-order valence-corrected chi connectivity index (χ0v) is 15.0. The summed E-state index contributed by atoms with van der Waals surface area (Å²) in [5.74, 6) is -0.420. The van der Waals surface area contributed by atoms with Gasteiger partial charge in [0.15, 0.2) is 0 Å². The number of ether oxygens (including phenoxy) is 2. The van der Waals surface area contributed by atoms with Crippen molar-refractivity contribution in [3.63, 3.8) is 0 Å². The second-order valence-corrected chi connectivity index (χ2v) is 7.76. The average molecular weight is 405 g/mol. The summed E-state index contributed by atoms with van der Waals surface area (Å²) in [6, 6.07) is 4.55. The molecule has 1 N–H and O–H groups in total. The first-order valence-electron chi connectivity index (χ1n) is 8.21. The molecular formula is C16H18F3N3O4S. The molecular weight excluding hydrogens is 387 g/mol. The fourth-order valence-electron chi connectivity index (χ4n) is 2.80. The van der Waals surface area contributed by atoms with Gasteiger partial charge in [-0.15, -0.1) is 13.2 Å². The first-order chi connectivity index (χ1) is 12.7. The van der Waals surface area contributed by atoms with Crippen molar-refractivity contribution in [3.8, 4) is 5.75 Å². The highest BCUT2D eigenvalue weighted by Crippen LogP contribution is 2.30. The van der Waals surface area contributed by atoms with Crippen LogP contribution in [0.25, 0.3) is 0 Å². The third kappa shape index (κ3) is 5.36. The number of halogens is 3. The lowest BCUT2D eigenvalue weighted by Crippen LogP contribution is -2.21. The number of benzene rings is 1. The van der Waals surface area contributed by atoms with E-state index in [-0.39, 0.29) is 5.69 Å². The molecule has 0 spiro atoms. The van der Waals surface area contributed by atoms with E-state index in [1.807, 2.05) is 0 Å². The van der Waals surface area contributed by atoms with Crippen LogP contribution in [0, 0.1) is 5.92 Å². The van der Waals surface area contributed by atoms with Gasteiger partial charge in [0.05, 0.1) is 11.9 Å². The first-order valence-corrected chi connectivity index (χ1v) is 9.69. The Bertz CT molecular complexity index is 877. The topological polar surface area (TPSA) is 82.5 Å². The molecule has 0 bridgehead atoms. The van der Waals surface area contributed by atoms with Gasteiger partial charge in [-0.25, -0.2) is 8.42 Å². The predicted molar refractivity (Wildman–Crippen MR) is 89.7 cm³/mol. The molecule has 0 atom stereocenters. The van der Waals surface area contributed by atoms with Gasteiger partial charge in [0.25, 0.3) is 10.0 Å². The molecule has 0 aliphatic carbocycles. The van der Waals surface area contributed by atoms with Crippen LogP contribution in [0.4, 0.5) is 18.9 Å². The van der Waals surface area contributed by atoms with Gasteiger partial charge in [-0.1, -0.05) is 12.1 Å². The van der Waals surface area contributed by atoms with Crippen LogP contribution < -0.4 is 9.46 Å². The third-order valence-corrected chi connectivity index (χ3v) is 5.46. The molecule has 0 saturated carbocycles. The Labute approximate surface area is 154 Å². The molecule has 1 aromatic heterocycles. The van der Waals surface area contributed by atoms with Crippen molar-refractivity contribution in [2.24, 2.45) is 5.92 Å². The Morgan fingerprint density at radius 3 is 2.67 bits per heavy atom. The number of nitrogens with one attached hydrogen (secondary N) is 1. The van der Waals surface area contributed by atoms with Crippen molar-refractivity contribution in [3.05, 3.63) is 36.7 Å². The molecule has 1 saturated heterocycles. The summed E-state index contributed by atoms with van der Waals surface area (Å²) in [6.45, 7) is 1.97. The van der Waals surface area contributed by atoms with E-state index in [0.717, 1.165) is 25.0 Å². The molecule has 148 valence electrons. The first kappa shape index (κ1) is 19.5. The summed E-state index contributed by atoms with van der Waals surface area (Å²) in [5, 5.41) is 4.11. The summed E-state index contributed by atoms with van der Waals surface area (Å²) >= 11 is 0. The number of rotatable bonds is 6. The van der Waals surface area contributed by atoms with E-state index in [1.54, 1.807) is 4.68 Å². The fourth-order valence-corrected chi connectivity index (χ4v) is 3.96. The largest absolute Gasteiger partial charge is 0.573 e. The summed E-state index contributed by atoms with van der Waals surface area (Å²) < 4.78 is 75.4. The molecule has 1 fully saturated rings. The van der Waals surface area contributed by atoms with Crippen LogP contribution in [0.1, 0.15) is 12.8 Å². The van der Waals surface area contributed by atoms with Gasteiger partial charge >= 0.3 is 6.36 Å². The molecule has 27 heavy (non-hydrogen) atoms. The van der Waals surface area contributed by atoms with Gasteiger partial charge in [0, 0.05) is 26.0 Å². The molecule has 2 heterocycles. The second kappa shape index (κ2) is 7.77. The molecule has 7 nitrogen and oxygen atoms in total. The number of anilines is 1. The van der Waals surface area contributed by atoms with E-state index < -0.39 is 27.0 Å². The standard InChI is InChI=1S/C16H18F3N3O4S/c17-16(18,19)26-14-3-1-2-4-15(14)27(23,24)21-13-9-20-22(11-13)10-12-5-7-25-8-6-12/h1-4,9,11-12,21H,5-8,10H2. The summed E-state index contributed by atoms with van der Waals surface area (Å²) in [7, 11) is -4.28. The van der Waals surface area contributed by atoms with Gasteiger partial charge in [0.1, 0.15) is 10.6 Å². The Hall–Kier alpha value is -2.27. The average Bonchev–Trinajstić information content (AvgIpc) is 3.01. The second-order valence-electron chi connectivity index (χ2n) is 6.11. The van der Waals surface area contributed by atoms with Crippen molar-refractivity contribution in [1.82, 2.24) is 9.78 Å². The van der Waals surface area contributed by atoms with Crippen LogP contribution >= 0.6 is 0 Å². The monoisotopic (exact) mass is 405 g/mol. The third-order valence-electron chi connectivity index (χ3n) is 4.04. The van der Waals surface area contributed by atoms with Gasteiger partial charge in [0.2, 0.25) is 0 Å². The van der Waals surface area contributed by atoms with Crippen molar-refractivity contribution >= 4 is 15.7 Å². The van der Waals surface area contributed by atoms with Gasteiger partial charge in [-0.2, -0.15) is 5.10 Å². The van der Waals surface area contributed by atoms with Gasteiger partial charge < -0.3 is 9.47 Å². The summed E-state index contributed by atoms with van der Waals surface area (Å²) in [6.07, 6.45) is -0.406. The van der Waals surface area contributed by atoms with Crippen LogP contribution in [0.5, 0.6) is 5.75 Å². The Morgan fingerprint density at radius 1 is 1.26 bits per heavy atom. The summed E-state index contributed by atoms with van der Waals surface area (Å²) in [4.78, 5) is -0.612. The lowest BCUT2D eigenvalue weighted by atomic mass is 10.0. The van der Waals surface area contributed by atoms with E-state index in [4.69, 9.17) is 4.74 Å². The van der Waals surface area contributed by atoms with Crippen molar-refractivity contribution in [2.75, 3.05) is 17.9 Å². The zero-order valence-electron chi connectivity index (χ0n) is 14.1.